The van der Waals surface area contributed by atoms with E-state index in [1.807, 2.05) is 0 Å². The quantitative estimate of drug-likeness (QED) is 0.443. The van der Waals surface area contributed by atoms with Crippen LogP contribution in [-0.4, -0.2) is 13.1 Å². The van der Waals surface area contributed by atoms with E-state index in [9.17, 15) is 18.0 Å². The van der Waals surface area contributed by atoms with Crippen LogP contribution in [0.25, 0.3) is 10.8 Å². The third kappa shape index (κ3) is 4.34. The molecule has 3 aromatic carbocycles. The van der Waals surface area contributed by atoms with E-state index in [1.165, 1.54) is 43.5 Å². The molecule has 0 aliphatic heterocycles. The maximum atomic E-state index is 13.7. The predicted octanol–water partition coefficient (Wildman–Crippen LogP) is 6.53. The van der Waals surface area contributed by atoms with Gasteiger partial charge in [-0.3, -0.25) is 0 Å². The lowest BCUT2D eigenvalue weighted by Gasteiger charge is -2.17. The Balaban J connectivity index is 2.03. The fourth-order valence-corrected chi connectivity index (χ4v) is 3.39. The number of benzene rings is 3. The van der Waals surface area contributed by atoms with Crippen molar-refractivity contribution in [1.29, 1.82) is 0 Å². The number of fused-ring (bicyclic) bond motifs is 1. The number of carbonyl (C=O) groups excluding carboxylic acids is 1. The van der Waals surface area contributed by atoms with Crippen LogP contribution in [0.2, 0.25) is 10.0 Å². The molecule has 0 aliphatic carbocycles. The highest BCUT2D eigenvalue weighted by molar-refractivity contribution is 6.34. The second kappa shape index (κ2) is 7.89. The number of hydrogen-bond donors (Lipinski definition) is 0. The van der Waals surface area contributed by atoms with Crippen molar-refractivity contribution in [1.82, 2.24) is 0 Å². The molecule has 0 spiro atoms. The van der Waals surface area contributed by atoms with Crippen molar-refractivity contribution >= 4 is 39.9 Å². The Morgan fingerprint density at radius 1 is 1.00 bits per heavy atom. The molecule has 0 fully saturated rings. The molecule has 28 heavy (non-hydrogen) atoms. The highest BCUT2D eigenvalue weighted by atomic mass is 35.5. The lowest BCUT2D eigenvalue weighted by molar-refractivity contribution is -0.137. The molecular weight excluding hydrogens is 416 g/mol. The van der Waals surface area contributed by atoms with Gasteiger partial charge in [0.1, 0.15) is 17.9 Å². The Labute approximate surface area is 168 Å². The zero-order valence-corrected chi connectivity index (χ0v) is 16.0. The van der Waals surface area contributed by atoms with Gasteiger partial charge in [0.2, 0.25) is 0 Å². The van der Waals surface area contributed by atoms with Crippen LogP contribution in [0.3, 0.4) is 0 Å². The summed E-state index contributed by atoms with van der Waals surface area (Å²) < 4.78 is 51.3. The molecule has 0 unspecified atom stereocenters. The SMILES string of the molecule is COC(=O)c1ccc2c(C(F)(F)F)c(OCc3cc(Cl)cc(Cl)c3)ccc2c1. The smallest absolute Gasteiger partial charge is 0.420 e. The molecule has 0 bridgehead atoms. The summed E-state index contributed by atoms with van der Waals surface area (Å²) in [5.41, 5.74) is -0.230. The first-order valence-electron chi connectivity index (χ1n) is 7.99. The molecule has 0 atom stereocenters. The van der Waals surface area contributed by atoms with Crippen molar-refractivity contribution in [2.75, 3.05) is 7.11 Å². The van der Waals surface area contributed by atoms with Crippen molar-refractivity contribution in [2.24, 2.45) is 0 Å². The number of methoxy groups -OCH3 is 1. The Bertz CT molecular complexity index is 1030. The Hall–Kier alpha value is -2.44. The molecule has 0 amide bonds. The summed E-state index contributed by atoms with van der Waals surface area (Å²) >= 11 is 11.8. The largest absolute Gasteiger partial charge is 0.488 e. The van der Waals surface area contributed by atoms with E-state index in [2.05, 4.69) is 4.74 Å². The Morgan fingerprint density at radius 2 is 1.68 bits per heavy atom. The van der Waals surface area contributed by atoms with Gasteiger partial charge in [-0.1, -0.05) is 35.3 Å². The van der Waals surface area contributed by atoms with Gasteiger partial charge >= 0.3 is 12.1 Å². The van der Waals surface area contributed by atoms with Crippen LogP contribution in [0.4, 0.5) is 13.2 Å². The van der Waals surface area contributed by atoms with Crippen molar-refractivity contribution in [3.05, 3.63) is 75.3 Å². The summed E-state index contributed by atoms with van der Waals surface area (Å²) in [6.07, 6.45) is -4.66. The summed E-state index contributed by atoms with van der Waals surface area (Å²) in [6, 6.07) is 11.2. The molecule has 3 rings (SSSR count). The normalized spacial score (nSPS) is 11.5. The summed E-state index contributed by atoms with van der Waals surface area (Å²) in [5.74, 6) is -0.962. The Kier molecular flexibility index (Phi) is 5.72. The molecule has 0 N–H and O–H groups in total. The van der Waals surface area contributed by atoms with E-state index in [1.54, 1.807) is 12.1 Å². The van der Waals surface area contributed by atoms with Crippen LogP contribution in [0.15, 0.2) is 48.5 Å². The second-order valence-electron chi connectivity index (χ2n) is 5.93. The maximum absolute atomic E-state index is 13.7. The average molecular weight is 429 g/mol. The molecule has 8 heteroatoms. The van der Waals surface area contributed by atoms with Crippen LogP contribution < -0.4 is 4.74 Å². The maximum Gasteiger partial charge on any atom is 0.420 e. The molecular formula is C20H13Cl2F3O3. The van der Waals surface area contributed by atoms with Gasteiger partial charge in [0.05, 0.1) is 12.7 Å². The number of hydrogen-bond acceptors (Lipinski definition) is 3. The van der Waals surface area contributed by atoms with Gasteiger partial charge in [0, 0.05) is 10.0 Å². The molecule has 0 radical (unpaired) electrons. The molecule has 0 saturated carbocycles. The molecule has 0 aromatic heterocycles. The molecule has 0 heterocycles. The molecule has 3 nitrogen and oxygen atoms in total. The standard InChI is InChI=1S/C20H13Cl2F3O3/c1-27-19(26)13-2-4-16-12(8-13)3-5-17(18(16)20(23,24)25)28-10-11-6-14(21)9-15(22)7-11/h2-9H,10H2,1H3. The van der Waals surface area contributed by atoms with E-state index in [-0.39, 0.29) is 28.7 Å². The molecule has 146 valence electrons. The number of esters is 1. The van der Waals surface area contributed by atoms with Crippen LogP contribution in [0, 0.1) is 0 Å². The zero-order valence-electron chi connectivity index (χ0n) is 14.4. The van der Waals surface area contributed by atoms with Crippen LogP contribution >= 0.6 is 23.2 Å². The summed E-state index contributed by atoms with van der Waals surface area (Å²) in [4.78, 5) is 11.6. The fourth-order valence-electron chi connectivity index (χ4n) is 2.82. The first kappa shape index (κ1) is 20.3. The van der Waals surface area contributed by atoms with Crippen LogP contribution in [-0.2, 0) is 17.5 Å². The van der Waals surface area contributed by atoms with Gasteiger partial charge in [-0.2, -0.15) is 13.2 Å². The second-order valence-corrected chi connectivity index (χ2v) is 6.80. The molecule has 3 aromatic rings. The summed E-state index contributed by atoms with van der Waals surface area (Å²) in [7, 11) is 1.20. The molecule has 0 aliphatic rings. The van der Waals surface area contributed by atoms with E-state index >= 15 is 0 Å². The average Bonchev–Trinajstić information content (AvgIpc) is 2.63. The van der Waals surface area contributed by atoms with Gasteiger partial charge in [-0.15, -0.1) is 0 Å². The first-order valence-corrected chi connectivity index (χ1v) is 8.74. The van der Waals surface area contributed by atoms with Gasteiger partial charge in [-0.25, -0.2) is 4.79 Å². The highest BCUT2D eigenvalue weighted by Crippen LogP contribution is 2.41. The third-order valence-corrected chi connectivity index (χ3v) is 4.44. The minimum atomic E-state index is -4.66. The fraction of sp³-hybridized carbons (Fsp3) is 0.150. The van der Waals surface area contributed by atoms with Gasteiger partial charge in [0.25, 0.3) is 0 Å². The van der Waals surface area contributed by atoms with E-state index in [4.69, 9.17) is 27.9 Å². The summed E-state index contributed by atoms with van der Waals surface area (Å²) in [6.45, 7) is -0.144. The molecule has 0 saturated heterocycles. The number of alkyl halides is 3. The highest BCUT2D eigenvalue weighted by Gasteiger charge is 2.36. The monoisotopic (exact) mass is 428 g/mol. The van der Waals surface area contributed by atoms with Crippen molar-refractivity contribution in [2.45, 2.75) is 12.8 Å². The van der Waals surface area contributed by atoms with Gasteiger partial charge in [-0.05, 0) is 52.7 Å². The lowest BCUT2D eigenvalue weighted by Crippen LogP contribution is -2.10. The van der Waals surface area contributed by atoms with Crippen LogP contribution in [0.1, 0.15) is 21.5 Å². The minimum Gasteiger partial charge on any atom is -0.488 e. The number of halogens is 5. The lowest BCUT2D eigenvalue weighted by atomic mass is 10.0. The van der Waals surface area contributed by atoms with E-state index < -0.39 is 17.7 Å². The number of ether oxygens (including phenoxy) is 2. The van der Waals surface area contributed by atoms with Gasteiger partial charge < -0.3 is 9.47 Å². The van der Waals surface area contributed by atoms with E-state index in [0.717, 1.165) is 0 Å². The number of rotatable bonds is 4. The topological polar surface area (TPSA) is 35.5 Å². The number of carbonyl (C=O) groups is 1. The van der Waals surface area contributed by atoms with E-state index in [0.29, 0.717) is 15.6 Å². The first-order chi connectivity index (χ1) is 13.2. The van der Waals surface area contributed by atoms with Crippen molar-refractivity contribution in [3.63, 3.8) is 0 Å². The predicted molar refractivity (Wildman–Crippen MR) is 101 cm³/mol. The van der Waals surface area contributed by atoms with Gasteiger partial charge in [0.15, 0.2) is 0 Å². The summed E-state index contributed by atoms with van der Waals surface area (Å²) in [5, 5.41) is 0.877. The Morgan fingerprint density at radius 3 is 2.29 bits per heavy atom. The van der Waals surface area contributed by atoms with Crippen molar-refractivity contribution < 1.29 is 27.4 Å². The third-order valence-electron chi connectivity index (χ3n) is 4.00. The minimum absolute atomic E-state index is 0.0817. The van der Waals surface area contributed by atoms with Crippen molar-refractivity contribution in [3.8, 4) is 5.75 Å². The zero-order chi connectivity index (χ0) is 20.5. The van der Waals surface area contributed by atoms with Crippen LogP contribution in [0.5, 0.6) is 5.75 Å².